The molecule has 1 saturated heterocycles. The molecule has 122 valence electrons. The lowest BCUT2D eigenvalue weighted by atomic mass is 9.85. The zero-order valence-electron chi connectivity index (χ0n) is 13.1. The lowest BCUT2D eigenvalue weighted by Gasteiger charge is -2.44. The molecule has 2 aromatic heterocycles. The zero-order chi connectivity index (χ0) is 15.9. The Bertz CT molecular complexity index is 710. The molecular formula is C16H20N4OS2. The number of thioether (sulfide) groups is 1. The molecule has 0 amide bonds. The smallest absolute Gasteiger partial charge is 0.191 e. The second-order valence-electron chi connectivity index (χ2n) is 5.99. The minimum absolute atomic E-state index is 0.0842. The van der Waals surface area contributed by atoms with E-state index in [-0.39, 0.29) is 5.60 Å². The van der Waals surface area contributed by atoms with Gasteiger partial charge in [-0.15, -0.1) is 11.3 Å². The van der Waals surface area contributed by atoms with Crippen molar-refractivity contribution in [3.63, 3.8) is 0 Å². The summed E-state index contributed by atoms with van der Waals surface area (Å²) in [4.78, 5) is 12.6. The van der Waals surface area contributed by atoms with Gasteiger partial charge in [0.25, 0.3) is 0 Å². The fourth-order valence-electron chi connectivity index (χ4n) is 3.51. The molecule has 4 rings (SSSR count). The third kappa shape index (κ3) is 2.70. The van der Waals surface area contributed by atoms with Crippen molar-refractivity contribution in [2.45, 2.75) is 30.0 Å². The lowest BCUT2D eigenvalue weighted by Crippen LogP contribution is -2.46. The molecule has 7 heteroatoms. The summed E-state index contributed by atoms with van der Waals surface area (Å²) in [5, 5.41) is 2.93. The Labute approximate surface area is 144 Å². The first-order valence-corrected chi connectivity index (χ1v) is 9.95. The number of ether oxygens (including phenoxy) is 1. The van der Waals surface area contributed by atoms with E-state index in [1.807, 2.05) is 23.7 Å². The van der Waals surface area contributed by atoms with Crippen LogP contribution in [-0.2, 0) is 16.8 Å². The highest BCUT2D eigenvalue weighted by Crippen LogP contribution is 2.44. The van der Waals surface area contributed by atoms with E-state index >= 15 is 0 Å². The molecular weight excluding hydrogens is 328 g/mol. The van der Waals surface area contributed by atoms with Crippen molar-refractivity contribution in [1.29, 1.82) is 0 Å². The summed E-state index contributed by atoms with van der Waals surface area (Å²) in [7, 11) is 0. The number of fused-ring (bicyclic) bond motifs is 2. The SMILES string of the molecule is CSc1nc(N)cc(N2CCC3(CC2)OCCc2ccsc23)n1. The number of thiophene rings is 1. The van der Waals surface area contributed by atoms with Crippen LogP contribution in [0.3, 0.4) is 0 Å². The summed E-state index contributed by atoms with van der Waals surface area (Å²) >= 11 is 3.37. The highest BCUT2D eigenvalue weighted by atomic mass is 32.2. The largest absolute Gasteiger partial charge is 0.383 e. The van der Waals surface area contributed by atoms with E-state index in [2.05, 4.69) is 26.3 Å². The summed E-state index contributed by atoms with van der Waals surface area (Å²) in [6.07, 6.45) is 5.01. The van der Waals surface area contributed by atoms with Gasteiger partial charge in [-0.2, -0.15) is 0 Å². The molecule has 0 saturated carbocycles. The van der Waals surface area contributed by atoms with Gasteiger partial charge in [0.15, 0.2) is 5.16 Å². The van der Waals surface area contributed by atoms with Gasteiger partial charge in [0, 0.05) is 24.0 Å². The molecule has 23 heavy (non-hydrogen) atoms. The number of hydrogen-bond donors (Lipinski definition) is 1. The molecule has 5 nitrogen and oxygen atoms in total. The van der Waals surface area contributed by atoms with E-state index in [0.717, 1.165) is 49.9 Å². The number of piperidine rings is 1. The van der Waals surface area contributed by atoms with Crippen LogP contribution in [0.4, 0.5) is 11.6 Å². The Hall–Kier alpha value is -1.31. The number of rotatable bonds is 2. The first-order valence-electron chi connectivity index (χ1n) is 7.84. The standard InChI is InChI=1S/C16H20N4OS2/c1-22-15-18-12(17)10-13(19-15)20-6-4-16(5-7-20)14-11(2-8-21-16)3-9-23-14/h3,9-10H,2,4-8H2,1H3,(H2,17,18,19). The molecule has 0 aromatic carbocycles. The Morgan fingerprint density at radius 2 is 2.17 bits per heavy atom. The highest BCUT2D eigenvalue weighted by molar-refractivity contribution is 7.98. The first kappa shape index (κ1) is 15.2. The molecule has 0 atom stereocenters. The normalized spacial score (nSPS) is 19.8. The van der Waals surface area contributed by atoms with E-state index in [0.29, 0.717) is 5.82 Å². The van der Waals surface area contributed by atoms with Crippen LogP contribution >= 0.6 is 23.1 Å². The molecule has 0 bridgehead atoms. The van der Waals surface area contributed by atoms with Gasteiger partial charge in [-0.1, -0.05) is 11.8 Å². The molecule has 2 aliphatic rings. The average Bonchev–Trinajstić information content (AvgIpc) is 3.05. The molecule has 1 fully saturated rings. The van der Waals surface area contributed by atoms with Crippen molar-refractivity contribution >= 4 is 34.7 Å². The Balaban J connectivity index is 1.55. The van der Waals surface area contributed by atoms with Crippen LogP contribution in [0.15, 0.2) is 22.7 Å². The van der Waals surface area contributed by atoms with Gasteiger partial charge < -0.3 is 15.4 Å². The van der Waals surface area contributed by atoms with Crippen molar-refractivity contribution in [1.82, 2.24) is 9.97 Å². The predicted octanol–water partition coefficient (Wildman–Crippen LogP) is 2.91. The highest BCUT2D eigenvalue weighted by Gasteiger charge is 2.42. The predicted molar refractivity (Wildman–Crippen MR) is 95.3 cm³/mol. The Morgan fingerprint density at radius 3 is 2.96 bits per heavy atom. The second kappa shape index (κ2) is 5.96. The van der Waals surface area contributed by atoms with Crippen molar-refractivity contribution in [2.75, 3.05) is 36.6 Å². The van der Waals surface area contributed by atoms with Gasteiger partial charge in [-0.05, 0) is 42.5 Å². The maximum absolute atomic E-state index is 6.27. The van der Waals surface area contributed by atoms with Gasteiger partial charge in [0.1, 0.15) is 17.2 Å². The van der Waals surface area contributed by atoms with E-state index in [1.54, 1.807) is 0 Å². The lowest BCUT2D eigenvalue weighted by molar-refractivity contribution is -0.0735. The Morgan fingerprint density at radius 1 is 1.35 bits per heavy atom. The molecule has 2 aromatic rings. The van der Waals surface area contributed by atoms with E-state index in [1.165, 1.54) is 22.2 Å². The fourth-order valence-corrected chi connectivity index (χ4v) is 5.06. The van der Waals surface area contributed by atoms with Crippen LogP contribution in [0.5, 0.6) is 0 Å². The van der Waals surface area contributed by atoms with Crippen molar-refractivity contribution in [2.24, 2.45) is 0 Å². The number of anilines is 2. The monoisotopic (exact) mass is 348 g/mol. The molecule has 4 heterocycles. The summed E-state index contributed by atoms with van der Waals surface area (Å²) in [5.74, 6) is 1.47. The maximum Gasteiger partial charge on any atom is 0.191 e. The van der Waals surface area contributed by atoms with Gasteiger partial charge in [-0.25, -0.2) is 9.97 Å². The van der Waals surface area contributed by atoms with Gasteiger partial charge in [-0.3, -0.25) is 0 Å². The summed E-state index contributed by atoms with van der Waals surface area (Å²) in [6.45, 7) is 2.70. The first-order chi connectivity index (χ1) is 11.2. The molecule has 2 aliphatic heterocycles. The summed E-state index contributed by atoms with van der Waals surface area (Å²) in [6, 6.07) is 4.13. The summed E-state index contributed by atoms with van der Waals surface area (Å²) < 4.78 is 6.27. The second-order valence-corrected chi connectivity index (χ2v) is 7.68. The number of nitrogens with zero attached hydrogens (tertiary/aromatic N) is 3. The van der Waals surface area contributed by atoms with Crippen LogP contribution in [-0.4, -0.2) is 35.9 Å². The van der Waals surface area contributed by atoms with Crippen LogP contribution in [0.25, 0.3) is 0 Å². The van der Waals surface area contributed by atoms with Crippen molar-refractivity contribution in [3.05, 3.63) is 28.0 Å². The van der Waals surface area contributed by atoms with Gasteiger partial charge >= 0.3 is 0 Å². The van der Waals surface area contributed by atoms with E-state index in [4.69, 9.17) is 10.5 Å². The third-order valence-corrected chi connectivity index (χ3v) is 6.39. The molecule has 0 aliphatic carbocycles. The minimum atomic E-state index is -0.0842. The average molecular weight is 348 g/mol. The maximum atomic E-state index is 6.27. The minimum Gasteiger partial charge on any atom is -0.383 e. The van der Waals surface area contributed by atoms with Crippen molar-refractivity contribution in [3.8, 4) is 0 Å². The third-order valence-electron chi connectivity index (χ3n) is 4.70. The number of nitrogen functional groups attached to an aromatic ring is 1. The van der Waals surface area contributed by atoms with Crippen LogP contribution in [0.1, 0.15) is 23.3 Å². The van der Waals surface area contributed by atoms with Crippen LogP contribution in [0, 0.1) is 0 Å². The number of aromatic nitrogens is 2. The van der Waals surface area contributed by atoms with Crippen molar-refractivity contribution < 1.29 is 4.74 Å². The van der Waals surface area contributed by atoms with Gasteiger partial charge in [0.2, 0.25) is 0 Å². The summed E-state index contributed by atoms with van der Waals surface area (Å²) in [5.41, 5.74) is 7.31. The van der Waals surface area contributed by atoms with E-state index in [9.17, 15) is 0 Å². The molecule has 1 spiro atoms. The fraction of sp³-hybridized carbons (Fsp3) is 0.500. The molecule has 0 unspecified atom stereocenters. The number of hydrogen-bond acceptors (Lipinski definition) is 7. The van der Waals surface area contributed by atoms with Crippen LogP contribution in [0.2, 0.25) is 0 Å². The van der Waals surface area contributed by atoms with E-state index < -0.39 is 0 Å². The molecule has 0 radical (unpaired) electrons. The Kier molecular flexibility index (Phi) is 3.95. The van der Waals surface area contributed by atoms with Crippen LogP contribution < -0.4 is 10.6 Å². The van der Waals surface area contributed by atoms with Gasteiger partial charge in [0.05, 0.1) is 6.61 Å². The quantitative estimate of drug-likeness (QED) is 0.665. The molecule has 2 N–H and O–H groups in total. The zero-order valence-corrected chi connectivity index (χ0v) is 14.8. The number of nitrogens with two attached hydrogens (primary N) is 1. The topological polar surface area (TPSA) is 64.3 Å².